The molecule has 1 aliphatic rings. The monoisotopic (exact) mass is 496 g/mol. The van der Waals surface area contributed by atoms with Crippen LogP contribution in [0.3, 0.4) is 0 Å². The van der Waals surface area contributed by atoms with Gasteiger partial charge in [0.25, 0.3) is 0 Å². The molecule has 34 heavy (non-hydrogen) atoms. The molecule has 1 fully saturated rings. The quantitative estimate of drug-likeness (QED) is 0.362. The summed E-state index contributed by atoms with van der Waals surface area (Å²) in [5.74, 6) is -2.39. The number of aliphatic carboxylic acids is 2. The Morgan fingerprint density at radius 2 is 1.44 bits per heavy atom. The van der Waals surface area contributed by atoms with Gasteiger partial charge in [-0.15, -0.1) is 0 Å². The molecule has 11 heteroatoms. The predicted octanol–water partition coefficient (Wildman–Crippen LogP) is 1.58. The van der Waals surface area contributed by atoms with E-state index in [1.807, 2.05) is 0 Å². The molecule has 0 unspecified atom stereocenters. The van der Waals surface area contributed by atoms with Gasteiger partial charge in [-0.3, -0.25) is 0 Å². The van der Waals surface area contributed by atoms with Gasteiger partial charge in [-0.2, -0.15) is 0 Å². The maximum absolute atomic E-state index is 11.4. The third kappa shape index (κ3) is 5.66. The smallest absolute Gasteiger partial charge is 0.347 e. The minimum Gasteiger partial charge on any atom is -0.479 e. The fraction of sp³-hybridized carbons (Fsp3) is 0.391. The predicted molar refractivity (Wildman–Crippen MR) is 117 cm³/mol. The van der Waals surface area contributed by atoms with Gasteiger partial charge in [0, 0.05) is 5.02 Å². The molecule has 0 radical (unpaired) electrons. The maximum Gasteiger partial charge on any atom is 0.347 e. The lowest BCUT2D eigenvalue weighted by molar-refractivity contribution is -0.302. The highest BCUT2D eigenvalue weighted by atomic mass is 35.5. The van der Waals surface area contributed by atoms with E-state index >= 15 is 0 Å². The van der Waals surface area contributed by atoms with Gasteiger partial charge in [-0.25, -0.2) is 9.59 Å². The number of carboxylic acid groups (broad SMARTS) is 2. The topological polar surface area (TPSA) is 163 Å². The number of aliphatic hydroxyl groups is 3. The Morgan fingerprint density at radius 3 is 1.94 bits per heavy atom. The molecule has 2 aromatic rings. The first-order valence-corrected chi connectivity index (χ1v) is 10.6. The van der Waals surface area contributed by atoms with Gasteiger partial charge in [-0.05, 0) is 49.2 Å². The zero-order valence-electron chi connectivity index (χ0n) is 18.2. The molecule has 184 valence electrons. The average Bonchev–Trinajstić information content (AvgIpc) is 2.78. The molecular weight excluding hydrogens is 472 g/mol. The van der Waals surface area contributed by atoms with Crippen LogP contribution in [-0.4, -0.2) is 73.8 Å². The Balaban J connectivity index is 1.91. The molecule has 1 heterocycles. The van der Waals surface area contributed by atoms with Gasteiger partial charge < -0.3 is 39.7 Å². The molecule has 10 nitrogen and oxygen atoms in total. The molecule has 0 amide bonds. The van der Waals surface area contributed by atoms with E-state index < -0.39 is 54.3 Å². The lowest BCUT2D eigenvalue weighted by Crippen LogP contribution is -2.60. The van der Waals surface area contributed by atoms with Crippen LogP contribution in [0.25, 0.3) is 0 Å². The second-order valence-corrected chi connectivity index (χ2v) is 8.73. The minimum absolute atomic E-state index is 0.282. The zero-order chi connectivity index (χ0) is 25.2. The second-order valence-electron chi connectivity index (χ2n) is 8.29. The van der Waals surface area contributed by atoms with Crippen molar-refractivity contribution < 1.29 is 49.3 Å². The van der Waals surface area contributed by atoms with Crippen molar-refractivity contribution in [2.75, 3.05) is 0 Å². The van der Waals surface area contributed by atoms with Gasteiger partial charge in [-0.1, -0.05) is 35.9 Å². The van der Waals surface area contributed by atoms with E-state index in [2.05, 4.69) is 0 Å². The van der Waals surface area contributed by atoms with Crippen molar-refractivity contribution in [1.29, 1.82) is 0 Å². The Morgan fingerprint density at radius 1 is 0.912 bits per heavy atom. The third-order valence-corrected chi connectivity index (χ3v) is 5.58. The van der Waals surface area contributed by atoms with Crippen LogP contribution in [-0.2, 0) is 19.1 Å². The summed E-state index contributed by atoms with van der Waals surface area (Å²) in [7, 11) is 0. The number of hydrogen-bond acceptors (Lipinski definition) is 8. The fourth-order valence-corrected chi connectivity index (χ4v) is 3.46. The molecule has 3 rings (SSSR count). The van der Waals surface area contributed by atoms with E-state index in [0.29, 0.717) is 16.1 Å². The molecular formula is C23H25ClO10. The van der Waals surface area contributed by atoms with E-state index in [9.17, 15) is 35.1 Å². The van der Waals surface area contributed by atoms with Crippen molar-refractivity contribution in [3.05, 3.63) is 64.7 Å². The molecule has 2 aromatic carbocycles. The highest BCUT2D eigenvalue weighted by Crippen LogP contribution is 2.33. The van der Waals surface area contributed by atoms with Crippen LogP contribution in [0.2, 0.25) is 5.02 Å². The summed E-state index contributed by atoms with van der Waals surface area (Å²) in [4.78, 5) is 22.7. The van der Waals surface area contributed by atoms with Crippen LogP contribution < -0.4 is 4.74 Å². The molecule has 1 aliphatic heterocycles. The first kappa shape index (κ1) is 25.9. The van der Waals surface area contributed by atoms with E-state index in [4.69, 9.17) is 25.8 Å². The average molecular weight is 497 g/mol. The zero-order valence-corrected chi connectivity index (χ0v) is 19.0. The Hall–Kier alpha value is -2.73. The standard InChI is InChI=1S/C23H25ClO10/c1-23(2,22(30)31)34-14-9-5-12(6-10-14)18(11-3-7-13(24)8-4-11)32-21-17(27)15(25)16(26)19(33-21)20(28)29/h3-10,15-19,21,25-27H,1-2H3,(H,28,29)(H,30,31)/t15-,16-,17+,18-,19-,21+/m0/s1. The van der Waals surface area contributed by atoms with Crippen molar-refractivity contribution in [3.63, 3.8) is 0 Å². The maximum atomic E-state index is 11.4. The Bertz CT molecular complexity index is 1010. The summed E-state index contributed by atoms with van der Waals surface area (Å²) < 4.78 is 16.7. The molecule has 0 saturated carbocycles. The van der Waals surface area contributed by atoms with Gasteiger partial charge >= 0.3 is 11.9 Å². The minimum atomic E-state index is -1.85. The number of hydrogen-bond donors (Lipinski definition) is 5. The van der Waals surface area contributed by atoms with Crippen LogP contribution in [0.1, 0.15) is 31.1 Å². The van der Waals surface area contributed by atoms with E-state index in [1.165, 1.54) is 26.0 Å². The van der Waals surface area contributed by atoms with Crippen LogP contribution in [0.4, 0.5) is 0 Å². The van der Waals surface area contributed by atoms with E-state index in [0.717, 1.165) is 0 Å². The molecule has 5 N–H and O–H groups in total. The summed E-state index contributed by atoms with van der Waals surface area (Å²) in [5.41, 5.74) is -0.380. The largest absolute Gasteiger partial charge is 0.479 e. The Kier molecular flexibility index (Phi) is 7.81. The summed E-state index contributed by atoms with van der Waals surface area (Å²) >= 11 is 5.98. The van der Waals surface area contributed by atoms with Gasteiger partial charge in [0.2, 0.25) is 0 Å². The number of rotatable bonds is 8. The number of halogens is 1. The molecule has 0 aliphatic carbocycles. The molecule has 0 bridgehead atoms. The van der Waals surface area contributed by atoms with Crippen molar-refractivity contribution in [3.8, 4) is 5.75 Å². The van der Waals surface area contributed by atoms with Gasteiger partial charge in [0.05, 0.1) is 0 Å². The third-order valence-electron chi connectivity index (χ3n) is 5.33. The summed E-state index contributed by atoms with van der Waals surface area (Å²) in [6.07, 6.45) is -9.74. The lowest BCUT2D eigenvalue weighted by Gasteiger charge is -2.40. The van der Waals surface area contributed by atoms with E-state index in [-0.39, 0.29) is 5.75 Å². The SMILES string of the molecule is CC(C)(Oc1ccc([C@@H](O[C@@H]2O[C@H](C(=O)O)[C@@H](O)[C@H](O)[C@H]2O)c2ccc(Cl)cc2)cc1)C(=O)O. The van der Waals surface area contributed by atoms with Crippen LogP contribution >= 0.6 is 11.6 Å². The van der Waals surface area contributed by atoms with Gasteiger partial charge in [0.15, 0.2) is 18.0 Å². The number of aliphatic hydroxyl groups excluding tert-OH is 3. The number of carboxylic acids is 2. The lowest BCUT2D eigenvalue weighted by atomic mass is 9.97. The van der Waals surface area contributed by atoms with Crippen LogP contribution in [0.5, 0.6) is 5.75 Å². The summed E-state index contributed by atoms with van der Waals surface area (Å²) in [6.45, 7) is 2.81. The van der Waals surface area contributed by atoms with Crippen molar-refractivity contribution in [2.24, 2.45) is 0 Å². The molecule has 0 aromatic heterocycles. The first-order chi connectivity index (χ1) is 15.9. The highest BCUT2D eigenvalue weighted by molar-refractivity contribution is 6.30. The molecule has 6 atom stereocenters. The van der Waals surface area contributed by atoms with E-state index in [1.54, 1.807) is 36.4 Å². The van der Waals surface area contributed by atoms with Gasteiger partial charge in [0.1, 0.15) is 30.2 Å². The van der Waals surface area contributed by atoms with Crippen LogP contribution in [0, 0.1) is 0 Å². The molecule has 0 spiro atoms. The number of carbonyl (C=O) groups is 2. The van der Waals surface area contributed by atoms with Crippen LogP contribution in [0.15, 0.2) is 48.5 Å². The van der Waals surface area contributed by atoms with Crippen molar-refractivity contribution in [1.82, 2.24) is 0 Å². The second kappa shape index (κ2) is 10.3. The first-order valence-electron chi connectivity index (χ1n) is 10.3. The number of ether oxygens (including phenoxy) is 3. The molecule has 1 saturated heterocycles. The van der Waals surface area contributed by atoms with Crippen molar-refractivity contribution in [2.45, 2.75) is 56.3 Å². The fourth-order valence-electron chi connectivity index (χ4n) is 3.33. The number of benzene rings is 2. The van der Waals surface area contributed by atoms with Crippen molar-refractivity contribution >= 4 is 23.5 Å². The normalized spacial score (nSPS) is 26.0. The summed E-state index contributed by atoms with van der Waals surface area (Å²) in [6, 6.07) is 12.8. The highest BCUT2D eigenvalue weighted by Gasteiger charge is 2.48. The Labute approximate surface area is 199 Å². The summed E-state index contributed by atoms with van der Waals surface area (Å²) in [5, 5.41) is 49.4.